The summed E-state index contributed by atoms with van der Waals surface area (Å²) < 4.78 is 0. The predicted molar refractivity (Wildman–Crippen MR) is 97.3 cm³/mol. The van der Waals surface area contributed by atoms with Gasteiger partial charge in [-0.15, -0.1) is 0 Å². The van der Waals surface area contributed by atoms with E-state index in [2.05, 4.69) is 34.4 Å². The maximum atomic E-state index is 12.3. The minimum atomic E-state index is -0.220. The molecule has 0 aliphatic rings. The molecule has 0 atom stereocenters. The topological polar surface area (TPSA) is 66.9 Å². The molecule has 2 aromatic rings. The number of nitrogens with zero attached hydrogens (tertiary/aromatic N) is 2. The number of benzene rings is 1. The lowest BCUT2D eigenvalue weighted by Gasteiger charge is -2.10. The Morgan fingerprint density at radius 1 is 1.21 bits per heavy atom. The van der Waals surface area contributed by atoms with Crippen molar-refractivity contribution in [1.82, 2.24) is 15.3 Å². The highest BCUT2D eigenvalue weighted by Crippen LogP contribution is 2.10. The number of amides is 1. The van der Waals surface area contributed by atoms with E-state index in [9.17, 15) is 4.79 Å². The van der Waals surface area contributed by atoms with Gasteiger partial charge < -0.3 is 10.6 Å². The molecule has 0 saturated carbocycles. The van der Waals surface area contributed by atoms with Crippen LogP contribution in [0.4, 0.5) is 5.95 Å². The van der Waals surface area contributed by atoms with Crippen LogP contribution in [0.2, 0.25) is 5.02 Å². The first-order chi connectivity index (χ1) is 11.4. The van der Waals surface area contributed by atoms with E-state index in [1.54, 1.807) is 18.2 Å². The molecule has 0 spiro atoms. The van der Waals surface area contributed by atoms with Crippen LogP contribution in [0.25, 0.3) is 0 Å². The lowest BCUT2D eigenvalue weighted by molar-refractivity contribution is 0.0945. The van der Waals surface area contributed by atoms with Gasteiger partial charge in [-0.2, -0.15) is 0 Å². The number of nitrogens with one attached hydrogen (secondary N) is 2. The van der Waals surface area contributed by atoms with Gasteiger partial charge in [0.2, 0.25) is 5.95 Å². The fourth-order valence-corrected chi connectivity index (χ4v) is 2.24. The van der Waals surface area contributed by atoms with Gasteiger partial charge in [0.05, 0.1) is 0 Å². The summed E-state index contributed by atoms with van der Waals surface area (Å²) in [6, 6.07) is 9.05. The molecule has 128 valence electrons. The number of halogens is 1. The van der Waals surface area contributed by atoms with Crippen LogP contribution in [0.3, 0.4) is 0 Å². The molecule has 0 saturated heterocycles. The maximum absolute atomic E-state index is 12.3. The molecule has 0 radical (unpaired) electrons. The summed E-state index contributed by atoms with van der Waals surface area (Å²) >= 11 is 5.85. The number of anilines is 1. The van der Waals surface area contributed by atoms with E-state index in [1.165, 1.54) is 0 Å². The van der Waals surface area contributed by atoms with Gasteiger partial charge in [-0.25, -0.2) is 9.97 Å². The van der Waals surface area contributed by atoms with Crippen molar-refractivity contribution in [2.75, 3.05) is 11.9 Å². The summed E-state index contributed by atoms with van der Waals surface area (Å²) in [5, 5.41) is 6.71. The lowest BCUT2D eigenvalue weighted by atomic mass is 10.1. The van der Waals surface area contributed by atoms with Crippen LogP contribution in [0, 0.1) is 12.8 Å². The minimum Gasteiger partial charge on any atom is -0.354 e. The van der Waals surface area contributed by atoms with Gasteiger partial charge in [0.1, 0.15) is 5.69 Å². The molecule has 0 fully saturated rings. The number of hydrogen-bond acceptors (Lipinski definition) is 4. The van der Waals surface area contributed by atoms with E-state index in [0.29, 0.717) is 29.1 Å². The summed E-state index contributed by atoms with van der Waals surface area (Å²) in [7, 11) is 0. The monoisotopic (exact) mass is 346 g/mol. The smallest absolute Gasteiger partial charge is 0.270 e. The standard InChI is InChI=1S/C18H23ClN4O/c1-12(2)8-9-20-18-22-13(3)10-16(23-18)17(24)21-11-14-4-6-15(19)7-5-14/h4-7,10,12H,8-9,11H2,1-3H3,(H,21,24)(H,20,22,23). The first-order valence-electron chi connectivity index (χ1n) is 8.06. The Balaban J connectivity index is 1.97. The zero-order chi connectivity index (χ0) is 17.5. The van der Waals surface area contributed by atoms with Crippen LogP contribution >= 0.6 is 11.6 Å². The first kappa shape index (κ1) is 18.2. The summed E-state index contributed by atoms with van der Waals surface area (Å²) in [4.78, 5) is 20.9. The number of aryl methyl sites for hydroxylation is 1. The van der Waals surface area contributed by atoms with Gasteiger partial charge in [-0.3, -0.25) is 4.79 Å². The zero-order valence-corrected chi connectivity index (χ0v) is 15.0. The molecule has 1 aromatic carbocycles. The molecule has 1 aromatic heterocycles. The molecular weight excluding hydrogens is 324 g/mol. The van der Waals surface area contributed by atoms with Crippen molar-refractivity contribution >= 4 is 23.5 Å². The quantitative estimate of drug-likeness (QED) is 0.799. The normalized spacial score (nSPS) is 10.7. The van der Waals surface area contributed by atoms with Gasteiger partial charge in [-0.1, -0.05) is 37.6 Å². The van der Waals surface area contributed by atoms with E-state index in [-0.39, 0.29) is 5.91 Å². The molecular formula is C18H23ClN4O. The Bertz CT molecular complexity index is 686. The molecule has 0 bridgehead atoms. The second-order valence-electron chi connectivity index (χ2n) is 6.14. The van der Waals surface area contributed by atoms with E-state index >= 15 is 0 Å². The van der Waals surface area contributed by atoms with Crippen molar-refractivity contribution in [3.05, 3.63) is 52.3 Å². The Morgan fingerprint density at radius 3 is 2.58 bits per heavy atom. The number of carbonyl (C=O) groups is 1. The molecule has 1 amide bonds. The van der Waals surface area contributed by atoms with Crippen molar-refractivity contribution < 1.29 is 4.79 Å². The Kier molecular flexibility index (Phi) is 6.55. The SMILES string of the molecule is Cc1cc(C(=O)NCc2ccc(Cl)cc2)nc(NCCC(C)C)n1. The van der Waals surface area contributed by atoms with E-state index in [0.717, 1.165) is 24.2 Å². The third kappa shape index (κ3) is 5.81. The first-order valence-corrected chi connectivity index (χ1v) is 8.44. The summed E-state index contributed by atoms with van der Waals surface area (Å²) in [6.45, 7) is 7.39. The number of rotatable bonds is 7. The summed E-state index contributed by atoms with van der Waals surface area (Å²) in [5.74, 6) is 0.874. The van der Waals surface area contributed by atoms with Crippen LogP contribution in [-0.2, 0) is 6.54 Å². The molecule has 0 aliphatic heterocycles. The molecule has 5 nitrogen and oxygen atoms in total. The molecule has 1 heterocycles. The summed E-state index contributed by atoms with van der Waals surface area (Å²) in [5.41, 5.74) is 2.10. The highest BCUT2D eigenvalue weighted by molar-refractivity contribution is 6.30. The van der Waals surface area contributed by atoms with Crippen LogP contribution in [0.1, 0.15) is 42.0 Å². The Morgan fingerprint density at radius 2 is 1.92 bits per heavy atom. The second kappa shape index (κ2) is 8.64. The van der Waals surface area contributed by atoms with Gasteiger partial charge >= 0.3 is 0 Å². The fourth-order valence-electron chi connectivity index (χ4n) is 2.11. The largest absolute Gasteiger partial charge is 0.354 e. The zero-order valence-electron chi connectivity index (χ0n) is 14.3. The highest BCUT2D eigenvalue weighted by Gasteiger charge is 2.10. The average Bonchev–Trinajstić information content (AvgIpc) is 2.53. The molecule has 0 unspecified atom stereocenters. The molecule has 6 heteroatoms. The molecule has 2 N–H and O–H groups in total. The van der Waals surface area contributed by atoms with Gasteiger partial charge in [0.15, 0.2) is 0 Å². The fraction of sp³-hybridized carbons (Fsp3) is 0.389. The predicted octanol–water partition coefficient (Wildman–Crippen LogP) is 3.83. The van der Waals surface area contributed by atoms with Crippen molar-refractivity contribution in [3.8, 4) is 0 Å². The molecule has 24 heavy (non-hydrogen) atoms. The maximum Gasteiger partial charge on any atom is 0.270 e. The van der Waals surface area contributed by atoms with Gasteiger partial charge in [-0.05, 0) is 43.0 Å². The number of carbonyl (C=O) groups excluding carboxylic acids is 1. The van der Waals surface area contributed by atoms with E-state index < -0.39 is 0 Å². The average molecular weight is 347 g/mol. The molecule has 0 aliphatic carbocycles. The van der Waals surface area contributed by atoms with Crippen LogP contribution < -0.4 is 10.6 Å². The van der Waals surface area contributed by atoms with E-state index in [1.807, 2.05) is 19.1 Å². The lowest BCUT2D eigenvalue weighted by Crippen LogP contribution is -2.24. The summed E-state index contributed by atoms with van der Waals surface area (Å²) in [6.07, 6.45) is 1.02. The van der Waals surface area contributed by atoms with Crippen LogP contribution in [0.5, 0.6) is 0 Å². The minimum absolute atomic E-state index is 0.220. The van der Waals surface area contributed by atoms with Crippen molar-refractivity contribution in [3.63, 3.8) is 0 Å². The third-order valence-corrected chi connectivity index (χ3v) is 3.71. The van der Waals surface area contributed by atoms with Crippen LogP contribution in [0.15, 0.2) is 30.3 Å². The van der Waals surface area contributed by atoms with Gasteiger partial charge in [0, 0.05) is 23.8 Å². The Labute approximate surface area is 147 Å². The number of aromatic nitrogens is 2. The second-order valence-corrected chi connectivity index (χ2v) is 6.57. The Hall–Kier alpha value is -2.14. The highest BCUT2D eigenvalue weighted by atomic mass is 35.5. The van der Waals surface area contributed by atoms with Crippen molar-refractivity contribution in [2.45, 2.75) is 33.7 Å². The third-order valence-electron chi connectivity index (χ3n) is 3.46. The molecule has 2 rings (SSSR count). The van der Waals surface area contributed by atoms with Crippen molar-refractivity contribution in [1.29, 1.82) is 0 Å². The number of hydrogen-bond donors (Lipinski definition) is 2. The van der Waals surface area contributed by atoms with Crippen LogP contribution in [-0.4, -0.2) is 22.4 Å². The van der Waals surface area contributed by atoms with Gasteiger partial charge in [0.25, 0.3) is 5.91 Å². The van der Waals surface area contributed by atoms with E-state index in [4.69, 9.17) is 11.6 Å². The van der Waals surface area contributed by atoms with Crippen molar-refractivity contribution in [2.24, 2.45) is 5.92 Å².